The van der Waals surface area contributed by atoms with Gasteiger partial charge in [0.15, 0.2) is 22.5 Å². The Kier molecular flexibility index (Phi) is 7.84. The second-order valence-corrected chi connectivity index (χ2v) is 7.60. The molecule has 8 heteroatoms. The zero-order valence-electron chi connectivity index (χ0n) is 17.0. The number of aromatic nitrogens is 3. The molecular weight excluding hydrogens is 403 g/mol. The quantitative estimate of drug-likeness (QED) is 0.485. The number of rotatable bonds is 10. The van der Waals surface area contributed by atoms with E-state index < -0.39 is 5.82 Å². The number of carbonyl (C=O) groups is 1. The van der Waals surface area contributed by atoms with Crippen molar-refractivity contribution < 1.29 is 13.9 Å². The van der Waals surface area contributed by atoms with Gasteiger partial charge in [-0.3, -0.25) is 9.36 Å². The van der Waals surface area contributed by atoms with E-state index in [4.69, 9.17) is 4.74 Å². The largest absolute Gasteiger partial charge is 0.483 e. The van der Waals surface area contributed by atoms with Crippen molar-refractivity contribution in [3.8, 4) is 11.4 Å². The van der Waals surface area contributed by atoms with E-state index >= 15 is 0 Å². The van der Waals surface area contributed by atoms with Crippen LogP contribution in [0.15, 0.2) is 59.8 Å². The molecule has 0 saturated heterocycles. The summed E-state index contributed by atoms with van der Waals surface area (Å²) in [6, 6.07) is 16.0. The lowest BCUT2D eigenvalue weighted by atomic mass is 10.2. The van der Waals surface area contributed by atoms with Crippen molar-refractivity contribution in [2.75, 3.05) is 5.75 Å². The number of ether oxygens (including phenoxy) is 1. The molecule has 0 radical (unpaired) electrons. The number of nitrogens with one attached hydrogen (secondary N) is 1. The zero-order chi connectivity index (χ0) is 21.3. The number of benzene rings is 2. The van der Waals surface area contributed by atoms with E-state index in [2.05, 4.69) is 29.4 Å². The van der Waals surface area contributed by atoms with E-state index in [0.29, 0.717) is 11.0 Å². The number of thioether (sulfide) groups is 1. The van der Waals surface area contributed by atoms with Crippen LogP contribution in [0.5, 0.6) is 5.75 Å². The maximum atomic E-state index is 13.9. The van der Waals surface area contributed by atoms with Crippen molar-refractivity contribution in [1.82, 2.24) is 20.1 Å². The second kappa shape index (κ2) is 10.8. The third-order valence-corrected chi connectivity index (χ3v) is 5.52. The maximum absolute atomic E-state index is 13.9. The van der Waals surface area contributed by atoms with Crippen LogP contribution in [0.3, 0.4) is 0 Å². The number of halogens is 1. The van der Waals surface area contributed by atoms with Crippen LogP contribution in [0.2, 0.25) is 0 Å². The summed E-state index contributed by atoms with van der Waals surface area (Å²) in [4.78, 5) is 12.3. The Hall–Kier alpha value is -2.87. The minimum atomic E-state index is -0.434. The predicted octanol–water partition coefficient (Wildman–Crippen LogP) is 4.38. The molecule has 0 aliphatic rings. The highest BCUT2D eigenvalue weighted by Gasteiger charge is 2.17. The van der Waals surface area contributed by atoms with Crippen LogP contribution in [0.25, 0.3) is 5.69 Å². The Morgan fingerprint density at radius 1 is 1.10 bits per heavy atom. The van der Waals surface area contributed by atoms with Gasteiger partial charge in [0, 0.05) is 11.7 Å². The molecule has 6 nitrogen and oxygen atoms in total. The fraction of sp³-hybridized carbons (Fsp3) is 0.318. The van der Waals surface area contributed by atoms with E-state index in [1.54, 1.807) is 18.2 Å². The van der Waals surface area contributed by atoms with Crippen LogP contribution in [0.1, 0.15) is 32.5 Å². The highest BCUT2D eigenvalue weighted by atomic mass is 32.2. The lowest BCUT2D eigenvalue weighted by Gasteiger charge is -2.14. The van der Waals surface area contributed by atoms with Gasteiger partial charge in [0.2, 0.25) is 5.91 Å². The summed E-state index contributed by atoms with van der Waals surface area (Å²) in [7, 11) is 0. The summed E-state index contributed by atoms with van der Waals surface area (Å²) in [5.41, 5.74) is 0.845. The van der Waals surface area contributed by atoms with Crippen molar-refractivity contribution in [1.29, 1.82) is 0 Å². The molecule has 0 spiro atoms. The first-order valence-electron chi connectivity index (χ1n) is 9.91. The van der Waals surface area contributed by atoms with Gasteiger partial charge in [-0.05, 0) is 37.1 Å². The van der Waals surface area contributed by atoms with Gasteiger partial charge in [-0.15, -0.1) is 10.2 Å². The standard InChI is InChI=1S/C22H25FN4O2S/c1-3-16(4-2)24-21(28)15-30-22-26-25-20(27(22)17-10-6-5-7-11-17)14-29-19-13-9-8-12-18(19)23/h5-13,16H,3-4,14-15H2,1-2H3,(H,24,28). The molecule has 0 unspecified atom stereocenters. The summed E-state index contributed by atoms with van der Waals surface area (Å²) >= 11 is 1.31. The lowest BCUT2D eigenvalue weighted by molar-refractivity contribution is -0.119. The number of hydrogen-bond acceptors (Lipinski definition) is 5. The van der Waals surface area contributed by atoms with Crippen LogP contribution in [-0.2, 0) is 11.4 Å². The van der Waals surface area contributed by atoms with Crippen LogP contribution >= 0.6 is 11.8 Å². The summed E-state index contributed by atoms with van der Waals surface area (Å²) in [5, 5.41) is 12.1. The monoisotopic (exact) mass is 428 g/mol. The number of carbonyl (C=O) groups excluding carboxylic acids is 1. The van der Waals surface area contributed by atoms with E-state index in [-0.39, 0.29) is 30.1 Å². The van der Waals surface area contributed by atoms with Gasteiger partial charge in [-0.25, -0.2) is 4.39 Å². The van der Waals surface area contributed by atoms with Gasteiger partial charge < -0.3 is 10.1 Å². The molecule has 0 aliphatic heterocycles. The molecule has 0 aliphatic carbocycles. The van der Waals surface area contributed by atoms with Gasteiger partial charge in [-0.1, -0.05) is 55.9 Å². The van der Waals surface area contributed by atoms with Gasteiger partial charge in [0.05, 0.1) is 5.75 Å². The lowest BCUT2D eigenvalue weighted by Crippen LogP contribution is -2.35. The Labute approximate surface area is 179 Å². The number of nitrogens with zero attached hydrogens (tertiary/aromatic N) is 3. The van der Waals surface area contributed by atoms with Crippen LogP contribution < -0.4 is 10.1 Å². The third kappa shape index (κ3) is 5.60. The van der Waals surface area contributed by atoms with Crippen molar-refractivity contribution in [3.63, 3.8) is 0 Å². The Morgan fingerprint density at radius 3 is 2.50 bits per heavy atom. The molecular formula is C22H25FN4O2S. The number of para-hydroxylation sites is 2. The average molecular weight is 429 g/mol. The Balaban J connectivity index is 1.77. The first-order valence-corrected chi connectivity index (χ1v) is 10.9. The fourth-order valence-electron chi connectivity index (χ4n) is 2.92. The Morgan fingerprint density at radius 2 is 1.80 bits per heavy atom. The van der Waals surface area contributed by atoms with Crippen molar-refractivity contribution in [2.45, 2.75) is 44.5 Å². The highest BCUT2D eigenvalue weighted by molar-refractivity contribution is 7.99. The van der Waals surface area contributed by atoms with E-state index in [0.717, 1.165) is 18.5 Å². The minimum Gasteiger partial charge on any atom is -0.483 e. The molecule has 1 heterocycles. The number of hydrogen-bond donors (Lipinski definition) is 1. The molecule has 0 fully saturated rings. The van der Waals surface area contributed by atoms with Gasteiger partial charge >= 0.3 is 0 Å². The van der Waals surface area contributed by atoms with Crippen molar-refractivity contribution in [2.24, 2.45) is 0 Å². The molecule has 1 N–H and O–H groups in total. The normalized spacial score (nSPS) is 10.9. The first kappa shape index (κ1) is 21.8. The van der Waals surface area contributed by atoms with Gasteiger partial charge in [0.1, 0.15) is 6.61 Å². The molecule has 3 rings (SSSR count). The molecule has 1 amide bonds. The van der Waals surface area contributed by atoms with E-state index in [1.807, 2.05) is 34.9 Å². The average Bonchev–Trinajstić information content (AvgIpc) is 3.19. The summed E-state index contributed by atoms with van der Waals surface area (Å²) in [6.45, 7) is 4.15. The Bertz CT molecular complexity index is 961. The fourth-order valence-corrected chi connectivity index (χ4v) is 3.70. The SMILES string of the molecule is CCC(CC)NC(=O)CSc1nnc(COc2ccccc2F)n1-c1ccccc1. The molecule has 3 aromatic rings. The topological polar surface area (TPSA) is 69.0 Å². The number of amides is 1. The molecule has 0 atom stereocenters. The molecule has 30 heavy (non-hydrogen) atoms. The van der Waals surface area contributed by atoms with Gasteiger partial charge in [0.25, 0.3) is 0 Å². The molecule has 1 aromatic heterocycles. The second-order valence-electron chi connectivity index (χ2n) is 6.66. The first-order chi connectivity index (χ1) is 14.6. The van der Waals surface area contributed by atoms with Crippen molar-refractivity contribution >= 4 is 17.7 Å². The van der Waals surface area contributed by atoms with Crippen LogP contribution in [0.4, 0.5) is 4.39 Å². The summed E-state index contributed by atoms with van der Waals surface area (Å²) < 4.78 is 21.3. The smallest absolute Gasteiger partial charge is 0.230 e. The molecule has 0 bridgehead atoms. The summed E-state index contributed by atoms with van der Waals surface area (Å²) in [6.07, 6.45) is 1.79. The maximum Gasteiger partial charge on any atom is 0.230 e. The molecule has 158 valence electrons. The van der Waals surface area contributed by atoms with Crippen molar-refractivity contribution in [3.05, 3.63) is 66.2 Å². The predicted molar refractivity (Wildman–Crippen MR) is 115 cm³/mol. The summed E-state index contributed by atoms with van der Waals surface area (Å²) in [5.74, 6) is 0.429. The molecule has 2 aromatic carbocycles. The molecule has 0 saturated carbocycles. The zero-order valence-corrected chi connectivity index (χ0v) is 17.9. The van der Waals surface area contributed by atoms with Gasteiger partial charge in [-0.2, -0.15) is 0 Å². The minimum absolute atomic E-state index is 0.0412. The van der Waals surface area contributed by atoms with Crippen LogP contribution in [-0.4, -0.2) is 32.5 Å². The third-order valence-electron chi connectivity index (χ3n) is 4.59. The van der Waals surface area contributed by atoms with E-state index in [1.165, 1.54) is 17.8 Å². The van der Waals surface area contributed by atoms with Crippen LogP contribution in [0, 0.1) is 5.82 Å². The van der Waals surface area contributed by atoms with E-state index in [9.17, 15) is 9.18 Å². The highest BCUT2D eigenvalue weighted by Crippen LogP contribution is 2.24.